The highest BCUT2D eigenvalue weighted by atomic mass is 16.3. The Morgan fingerprint density at radius 3 is 2.78 bits per heavy atom. The summed E-state index contributed by atoms with van der Waals surface area (Å²) >= 11 is 0. The summed E-state index contributed by atoms with van der Waals surface area (Å²) in [5, 5.41) is 15.5. The van der Waals surface area contributed by atoms with Gasteiger partial charge in [0.05, 0.1) is 23.8 Å². The molecule has 5 atom stereocenters. The highest BCUT2D eigenvalue weighted by molar-refractivity contribution is 5.80. The number of fused-ring (bicyclic) bond motifs is 1. The number of rotatable bonds is 3. The number of hydrogen-bond donors (Lipinski definition) is 2. The van der Waals surface area contributed by atoms with Crippen LogP contribution in [-0.2, 0) is 4.79 Å². The fourth-order valence-corrected chi connectivity index (χ4v) is 5.87. The van der Waals surface area contributed by atoms with Crippen molar-refractivity contribution in [2.75, 3.05) is 24.5 Å². The van der Waals surface area contributed by atoms with Gasteiger partial charge in [-0.05, 0) is 51.4 Å². The zero-order valence-electron chi connectivity index (χ0n) is 19.3. The van der Waals surface area contributed by atoms with Crippen LogP contribution in [0.4, 0.5) is 5.82 Å². The molecule has 1 amide bonds. The standard InChI is InChI=1S/C24H36N6O2/c1-15-6-5-7-18(22(15)31)24(32)29-10-4-3-8-20(29)19-12-21-26-23(16(2)13-30(21)27-19)28-11-9-17(25)14-28/h12-13,15,17-18,20,22,31H,3-11,14,25H2,1-2H3. The van der Waals surface area contributed by atoms with Gasteiger partial charge in [-0.25, -0.2) is 9.50 Å². The molecule has 2 aliphatic heterocycles. The van der Waals surface area contributed by atoms with E-state index in [2.05, 4.69) is 18.7 Å². The first-order valence-electron chi connectivity index (χ1n) is 12.3. The first-order valence-corrected chi connectivity index (χ1v) is 12.3. The second kappa shape index (κ2) is 8.63. The monoisotopic (exact) mass is 440 g/mol. The minimum absolute atomic E-state index is 0.0497. The van der Waals surface area contributed by atoms with Gasteiger partial charge in [0.1, 0.15) is 5.82 Å². The number of nitrogens with zero attached hydrogens (tertiary/aromatic N) is 5. The molecule has 0 radical (unpaired) electrons. The van der Waals surface area contributed by atoms with Gasteiger partial charge in [0.2, 0.25) is 5.91 Å². The lowest BCUT2D eigenvalue weighted by molar-refractivity contribution is -0.146. The Morgan fingerprint density at radius 1 is 1.16 bits per heavy atom. The molecule has 2 saturated heterocycles. The van der Waals surface area contributed by atoms with Crippen molar-refractivity contribution >= 4 is 17.4 Å². The molecule has 1 aliphatic carbocycles. The summed E-state index contributed by atoms with van der Waals surface area (Å²) in [4.78, 5) is 22.7. The molecule has 174 valence electrons. The van der Waals surface area contributed by atoms with E-state index < -0.39 is 6.10 Å². The van der Waals surface area contributed by atoms with Gasteiger partial charge in [0.15, 0.2) is 5.65 Å². The molecule has 0 spiro atoms. The predicted octanol–water partition coefficient (Wildman–Crippen LogP) is 2.43. The van der Waals surface area contributed by atoms with Crippen LogP contribution < -0.4 is 10.6 Å². The lowest BCUT2D eigenvalue weighted by Gasteiger charge is -2.40. The maximum absolute atomic E-state index is 13.5. The first-order chi connectivity index (χ1) is 15.4. The van der Waals surface area contributed by atoms with Gasteiger partial charge >= 0.3 is 0 Å². The Bertz CT molecular complexity index is 990. The number of aliphatic hydroxyl groups is 1. The first kappa shape index (κ1) is 21.6. The lowest BCUT2D eigenvalue weighted by Crippen LogP contribution is -2.47. The zero-order valence-corrected chi connectivity index (χ0v) is 19.3. The molecular formula is C24H36N6O2. The molecule has 4 heterocycles. The Hall–Kier alpha value is -2.19. The average Bonchev–Trinajstić information content (AvgIpc) is 3.40. The molecule has 2 aromatic rings. The molecule has 3 N–H and O–H groups in total. The van der Waals surface area contributed by atoms with Crippen LogP contribution in [0.5, 0.6) is 0 Å². The zero-order chi connectivity index (χ0) is 22.4. The Balaban J connectivity index is 1.43. The number of nitrogens with two attached hydrogens (primary N) is 1. The van der Waals surface area contributed by atoms with Crippen molar-refractivity contribution in [3.63, 3.8) is 0 Å². The average molecular weight is 441 g/mol. The van der Waals surface area contributed by atoms with Crippen molar-refractivity contribution in [3.05, 3.63) is 23.5 Å². The van der Waals surface area contributed by atoms with Crippen LogP contribution in [0.15, 0.2) is 12.3 Å². The number of aromatic nitrogens is 3. The molecule has 0 bridgehead atoms. The number of likely N-dealkylation sites (tertiary alicyclic amines) is 1. The van der Waals surface area contributed by atoms with Gasteiger partial charge in [-0.2, -0.15) is 5.10 Å². The molecule has 5 rings (SSSR count). The Kier molecular flexibility index (Phi) is 5.84. The van der Waals surface area contributed by atoms with Crippen LogP contribution in [0.1, 0.15) is 69.2 Å². The van der Waals surface area contributed by atoms with Crippen LogP contribution in [0, 0.1) is 18.8 Å². The number of hydrogen-bond acceptors (Lipinski definition) is 6. The van der Waals surface area contributed by atoms with E-state index in [1.165, 1.54) is 0 Å². The molecule has 8 nitrogen and oxygen atoms in total. The van der Waals surface area contributed by atoms with Crippen LogP contribution in [0.3, 0.4) is 0 Å². The van der Waals surface area contributed by atoms with Crippen LogP contribution in [0.25, 0.3) is 5.65 Å². The number of carbonyl (C=O) groups is 1. The van der Waals surface area contributed by atoms with Crippen LogP contribution in [0.2, 0.25) is 0 Å². The minimum atomic E-state index is -0.543. The lowest BCUT2D eigenvalue weighted by atomic mass is 9.78. The maximum atomic E-state index is 13.5. The highest BCUT2D eigenvalue weighted by Gasteiger charge is 2.40. The SMILES string of the molecule is Cc1cn2nc(C3CCCCN3C(=O)C3CCCC(C)C3O)cc2nc1N1CCC(N)C1. The fraction of sp³-hybridized carbons (Fsp3) is 0.708. The molecule has 3 fully saturated rings. The van der Waals surface area contributed by atoms with Gasteiger partial charge in [0.25, 0.3) is 0 Å². The Labute approximate surface area is 189 Å². The van der Waals surface area contributed by atoms with E-state index in [1.807, 2.05) is 21.7 Å². The summed E-state index contributed by atoms with van der Waals surface area (Å²) in [6, 6.07) is 2.19. The van der Waals surface area contributed by atoms with Crippen molar-refractivity contribution in [1.82, 2.24) is 19.5 Å². The van der Waals surface area contributed by atoms with Crippen molar-refractivity contribution in [1.29, 1.82) is 0 Å². The second-order valence-electron chi connectivity index (χ2n) is 10.2. The molecule has 1 saturated carbocycles. The molecule has 5 unspecified atom stereocenters. The maximum Gasteiger partial charge on any atom is 0.228 e. The second-order valence-corrected chi connectivity index (χ2v) is 10.2. The number of aryl methyl sites for hydroxylation is 1. The van der Waals surface area contributed by atoms with E-state index in [1.54, 1.807) is 0 Å². The molecule has 0 aromatic carbocycles. The molecule has 8 heteroatoms. The topological polar surface area (TPSA) is 100.0 Å². The number of piperidine rings is 1. The van der Waals surface area contributed by atoms with Gasteiger partial charge in [-0.3, -0.25) is 4.79 Å². The van der Waals surface area contributed by atoms with Gasteiger partial charge in [-0.1, -0.05) is 13.3 Å². The van der Waals surface area contributed by atoms with E-state index in [4.69, 9.17) is 15.8 Å². The number of anilines is 1. The molecule has 32 heavy (non-hydrogen) atoms. The number of carbonyl (C=O) groups excluding carboxylic acids is 1. The van der Waals surface area contributed by atoms with E-state index in [-0.39, 0.29) is 29.8 Å². The predicted molar refractivity (Wildman–Crippen MR) is 123 cm³/mol. The van der Waals surface area contributed by atoms with Crippen molar-refractivity contribution < 1.29 is 9.90 Å². The third-order valence-electron chi connectivity index (χ3n) is 7.76. The van der Waals surface area contributed by atoms with Crippen LogP contribution >= 0.6 is 0 Å². The van der Waals surface area contributed by atoms with Gasteiger partial charge in [0, 0.05) is 43.5 Å². The third-order valence-corrected chi connectivity index (χ3v) is 7.76. The smallest absolute Gasteiger partial charge is 0.228 e. The van der Waals surface area contributed by atoms with Crippen LogP contribution in [-0.4, -0.2) is 62.3 Å². The molecule has 3 aliphatic rings. The summed E-state index contributed by atoms with van der Waals surface area (Å²) in [6.45, 7) is 6.61. The summed E-state index contributed by atoms with van der Waals surface area (Å²) in [6.07, 6.45) is 8.25. The minimum Gasteiger partial charge on any atom is -0.392 e. The van der Waals surface area contributed by atoms with Crippen molar-refractivity contribution in [2.45, 2.75) is 77.0 Å². The van der Waals surface area contributed by atoms with Gasteiger partial charge < -0.3 is 20.6 Å². The summed E-state index contributed by atoms with van der Waals surface area (Å²) in [5.74, 6) is 0.970. The number of amides is 1. The molecular weight excluding hydrogens is 404 g/mol. The quantitative estimate of drug-likeness (QED) is 0.760. The largest absolute Gasteiger partial charge is 0.392 e. The van der Waals surface area contributed by atoms with Gasteiger partial charge in [-0.15, -0.1) is 0 Å². The van der Waals surface area contributed by atoms with E-state index in [0.29, 0.717) is 0 Å². The Morgan fingerprint density at radius 2 is 2.00 bits per heavy atom. The fourth-order valence-electron chi connectivity index (χ4n) is 5.87. The third kappa shape index (κ3) is 3.88. The summed E-state index contributed by atoms with van der Waals surface area (Å²) < 4.78 is 1.85. The van der Waals surface area contributed by atoms with Crippen molar-refractivity contribution in [3.8, 4) is 0 Å². The van der Waals surface area contributed by atoms with E-state index in [0.717, 1.165) is 87.3 Å². The summed E-state index contributed by atoms with van der Waals surface area (Å²) in [7, 11) is 0. The number of aliphatic hydroxyl groups excluding tert-OH is 1. The highest BCUT2D eigenvalue weighted by Crippen LogP contribution is 2.36. The normalized spacial score (nSPS) is 31.4. The molecule has 2 aromatic heterocycles. The summed E-state index contributed by atoms with van der Waals surface area (Å²) in [5.41, 5.74) is 8.90. The van der Waals surface area contributed by atoms with E-state index >= 15 is 0 Å². The van der Waals surface area contributed by atoms with Crippen molar-refractivity contribution in [2.24, 2.45) is 17.6 Å². The van der Waals surface area contributed by atoms with E-state index in [9.17, 15) is 9.90 Å².